The molecule has 0 fully saturated rings. The van der Waals surface area contributed by atoms with Crippen LogP contribution in [-0.4, -0.2) is 14.9 Å². The van der Waals surface area contributed by atoms with E-state index in [0.717, 1.165) is 11.3 Å². The molecule has 0 unspecified atom stereocenters. The molecule has 1 heterocycles. The Balaban J connectivity index is 2.70. The van der Waals surface area contributed by atoms with E-state index < -0.39 is 0 Å². The minimum atomic E-state index is -0.162. The van der Waals surface area contributed by atoms with Crippen LogP contribution in [-0.2, 0) is 5.54 Å². The highest BCUT2D eigenvalue weighted by atomic mass is 16.3. The fourth-order valence-corrected chi connectivity index (χ4v) is 2.06. The molecule has 0 radical (unpaired) electrons. The summed E-state index contributed by atoms with van der Waals surface area (Å²) in [6.07, 6.45) is 0. The molecule has 3 heteroatoms. The molecule has 96 valence electrons. The summed E-state index contributed by atoms with van der Waals surface area (Å²) in [6.45, 7) is 10.1. The van der Waals surface area contributed by atoms with Gasteiger partial charge in [-0.3, -0.25) is 4.68 Å². The fourth-order valence-electron chi connectivity index (χ4n) is 2.06. The van der Waals surface area contributed by atoms with E-state index in [-0.39, 0.29) is 11.3 Å². The lowest BCUT2D eigenvalue weighted by Crippen LogP contribution is -2.24. The molecule has 0 atom stereocenters. The third-order valence-corrected chi connectivity index (χ3v) is 2.96. The molecule has 0 saturated carbocycles. The van der Waals surface area contributed by atoms with E-state index in [1.54, 1.807) is 0 Å². The number of benzene rings is 1. The van der Waals surface area contributed by atoms with Gasteiger partial charge in [0, 0.05) is 5.56 Å². The molecule has 2 rings (SSSR count). The fraction of sp³-hybridized carbons (Fsp3) is 0.400. The van der Waals surface area contributed by atoms with Gasteiger partial charge in [0.25, 0.3) is 0 Å². The van der Waals surface area contributed by atoms with E-state index in [1.807, 2.05) is 36.7 Å². The average molecular weight is 244 g/mol. The van der Waals surface area contributed by atoms with Gasteiger partial charge in [-0.15, -0.1) is 0 Å². The maximum Gasteiger partial charge on any atom is 0.164 e. The Hall–Kier alpha value is -1.77. The highest BCUT2D eigenvalue weighted by Gasteiger charge is 2.24. The largest absolute Gasteiger partial charge is 0.504 e. The second kappa shape index (κ2) is 4.16. The van der Waals surface area contributed by atoms with E-state index in [4.69, 9.17) is 0 Å². The molecular weight excluding hydrogens is 224 g/mol. The van der Waals surface area contributed by atoms with Crippen LogP contribution in [0.4, 0.5) is 0 Å². The highest BCUT2D eigenvalue weighted by molar-refractivity contribution is 5.68. The second-order valence-electron chi connectivity index (χ2n) is 5.73. The minimum Gasteiger partial charge on any atom is -0.504 e. The lowest BCUT2D eigenvalue weighted by atomic mass is 10.0. The van der Waals surface area contributed by atoms with Crippen LogP contribution in [0.15, 0.2) is 24.3 Å². The quantitative estimate of drug-likeness (QED) is 0.832. The van der Waals surface area contributed by atoms with Gasteiger partial charge in [0.1, 0.15) is 11.4 Å². The van der Waals surface area contributed by atoms with Crippen molar-refractivity contribution in [2.75, 3.05) is 0 Å². The molecule has 1 N–H and O–H groups in total. The lowest BCUT2D eigenvalue weighted by molar-refractivity contribution is 0.357. The van der Waals surface area contributed by atoms with Crippen LogP contribution in [0.1, 0.15) is 32.0 Å². The Kier molecular flexibility index (Phi) is 2.93. The molecular formula is C15H20N2O. The van der Waals surface area contributed by atoms with Crippen molar-refractivity contribution in [1.82, 2.24) is 9.78 Å². The monoisotopic (exact) mass is 244 g/mol. The van der Waals surface area contributed by atoms with Crippen molar-refractivity contribution in [1.29, 1.82) is 0 Å². The summed E-state index contributed by atoms with van der Waals surface area (Å²) in [5, 5.41) is 14.7. The van der Waals surface area contributed by atoms with Crippen molar-refractivity contribution in [3.63, 3.8) is 0 Å². The third kappa shape index (κ3) is 2.13. The Labute approximate surface area is 108 Å². The first kappa shape index (κ1) is 12.7. The first-order chi connectivity index (χ1) is 8.30. The van der Waals surface area contributed by atoms with Crippen LogP contribution in [0.3, 0.4) is 0 Å². The van der Waals surface area contributed by atoms with Gasteiger partial charge >= 0.3 is 0 Å². The Morgan fingerprint density at radius 3 is 2.39 bits per heavy atom. The Morgan fingerprint density at radius 1 is 1.17 bits per heavy atom. The van der Waals surface area contributed by atoms with Crippen LogP contribution in [0.5, 0.6) is 5.75 Å². The lowest BCUT2D eigenvalue weighted by Gasteiger charge is -2.22. The van der Waals surface area contributed by atoms with Gasteiger partial charge in [0.15, 0.2) is 5.75 Å². The summed E-state index contributed by atoms with van der Waals surface area (Å²) >= 11 is 0. The maximum absolute atomic E-state index is 10.2. The zero-order valence-electron chi connectivity index (χ0n) is 11.7. The van der Waals surface area contributed by atoms with Gasteiger partial charge in [0.2, 0.25) is 0 Å². The molecule has 1 aromatic carbocycles. The van der Waals surface area contributed by atoms with E-state index in [9.17, 15) is 5.11 Å². The Bertz CT molecular complexity index is 577. The molecule has 0 aliphatic heterocycles. The van der Waals surface area contributed by atoms with Crippen LogP contribution < -0.4 is 0 Å². The van der Waals surface area contributed by atoms with Crippen molar-refractivity contribution in [2.45, 2.75) is 40.2 Å². The number of aryl methyl sites for hydroxylation is 2. The first-order valence-corrected chi connectivity index (χ1v) is 6.17. The third-order valence-electron chi connectivity index (χ3n) is 2.96. The molecule has 0 saturated heterocycles. The van der Waals surface area contributed by atoms with Crippen molar-refractivity contribution >= 4 is 0 Å². The van der Waals surface area contributed by atoms with E-state index in [0.29, 0.717) is 5.69 Å². The predicted molar refractivity (Wildman–Crippen MR) is 73.8 cm³/mol. The summed E-state index contributed by atoms with van der Waals surface area (Å²) in [5.41, 5.74) is 3.48. The van der Waals surface area contributed by atoms with Gasteiger partial charge in [0.05, 0.1) is 5.54 Å². The van der Waals surface area contributed by atoms with Crippen molar-refractivity contribution in [2.24, 2.45) is 0 Å². The standard InChI is InChI=1S/C15H20N2O/c1-10-7-6-8-12(9-10)13-14(18)11(2)16-17(13)15(3,4)5/h6-9,18H,1-5H3. The molecule has 2 aromatic rings. The summed E-state index contributed by atoms with van der Waals surface area (Å²) < 4.78 is 1.90. The molecule has 0 aliphatic rings. The number of rotatable bonds is 1. The van der Waals surface area contributed by atoms with Gasteiger partial charge in [-0.1, -0.05) is 23.8 Å². The van der Waals surface area contributed by atoms with Crippen LogP contribution >= 0.6 is 0 Å². The van der Waals surface area contributed by atoms with E-state index in [1.165, 1.54) is 5.56 Å². The highest BCUT2D eigenvalue weighted by Crippen LogP contribution is 2.35. The molecule has 0 amide bonds. The van der Waals surface area contributed by atoms with Gasteiger partial charge in [-0.05, 0) is 40.7 Å². The van der Waals surface area contributed by atoms with E-state index in [2.05, 4.69) is 31.9 Å². The number of hydrogen-bond donors (Lipinski definition) is 1. The van der Waals surface area contributed by atoms with Crippen LogP contribution in [0.2, 0.25) is 0 Å². The molecule has 1 aromatic heterocycles. The second-order valence-corrected chi connectivity index (χ2v) is 5.73. The SMILES string of the molecule is Cc1cccc(-c2c(O)c(C)nn2C(C)(C)C)c1. The Morgan fingerprint density at radius 2 is 1.83 bits per heavy atom. The summed E-state index contributed by atoms with van der Waals surface area (Å²) in [4.78, 5) is 0. The summed E-state index contributed by atoms with van der Waals surface area (Å²) in [7, 11) is 0. The van der Waals surface area contributed by atoms with E-state index >= 15 is 0 Å². The molecule has 0 bridgehead atoms. The molecule has 0 aliphatic carbocycles. The molecule has 18 heavy (non-hydrogen) atoms. The summed E-state index contributed by atoms with van der Waals surface area (Å²) in [6, 6.07) is 8.12. The van der Waals surface area contributed by atoms with Crippen LogP contribution in [0, 0.1) is 13.8 Å². The predicted octanol–water partition coefficient (Wildman–Crippen LogP) is 3.63. The number of hydrogen-bond acceptors (Lipinski definition) is 2. The number of nitrogens with zero attached hydrogens (tertiary/aromatic N) is 2. The minimum absolute atomic E-state index is 0.162. The topological polar surface area (TPSA) is 38.1 Å². The molecule has 0 spiro atoms. The van der Waals surface area contributed by atoms with Crippen molar-refractivity contribution in [3.8, 4) is 17.0 Å². The maximum atomic E-state index is 10.2. The molecule has 3 nitrogen and oxygen atoms in total. The number of aromatic nitrogens is 2. The first-order valence-electron chi connectivity index (χ1n) is 6.17. The van der Waals surface area contributed by atoms with Crippen LogP contribution in [0.25, 0.3) is 11.3 Å². The average Bonchev–Trinajstić information content (AvgIpc) is 2.55. The summed E-state index contributed by atoms with van der Waals surface area (Å²) in [5.74, 6) is 0.274. The van der Waals surface area contributed by atoms with Gasteiger partial charge in [-0.2, -0.15) is 5.10 Å². The normalized spacial score (nSPS) is 11.8. The number of aromatic hydroxyl groups is 1. The zero-order valence-corrected chi connectivity index (χ0v) is 11.7. The zero-order chi connectivity index (χ0) is 13.5. The van der Waals surface area contributed by atoms with Gasteiger partial charge in [-0.25, -0.2) is 0 Å². The van der Waals surface area contributed by atoms with Crippen molar-refractivity contribution in [3.05, 3.63) is 35.5 Å². The smallest absolute Gasteiger partial charge is 0.164 e. The van der Waals surface area contributed by atoms with Gasteiger partial charge < -0.3 is 5.11 Å². The van der Waals surface area contributed by atoms with Crippen molar-refractivity contribution < 1.29 is 5.11 Å².